The Balaban J connectivity index is 2.15. The minimum Gasteiger partial charge on any atom is -0.431 e. The molecule has 3 rings (SSSR count). The van der Waals surface area contributed by atoms with Gasteiger partial charge >= 0.3 is 5.84 Å². The lowest BCUT2D eigenvalue weighted by molar-refractivity contribution is 0.595. The third kappa shape index (κ3) is 1.41. The zero-order chi connectivity index (χ0) is 11.1. The van der Waals surface area contributed by atoms with Crippen LogP contribution in [0.2, 0.25) is 5.02 Å². The fraction of sp³-hybridized carbons (Fsp3) is 0.0833. The Bertz CT molecular complexity index is 637. The molecule has 0 fully saturated rings. The van der Waals surface area contributed by atoms with E-state index in [1.807, 2.05) is 41.8 Å². The maximum atomic E-state index is 5.84. The van der Waals surface area contributed by atoms with Crippen LogP contribution in [0.15, 0.2) is 41.1 Å². The molecule has 0 N–H and O–H groups in total. The molecule has 2 aromatic heterocycles. The molecule has 0 aliphatic rings. The standard InChI is InChI=1S/C12H9ClN2O/c1-8-7-16-12-14-11(6-15(8)12)9-2-4-10(13)5-3-9/h2-7H,1H3. The van der Waals surface area contributed by atoms with Crippen LogP contribution >= 0.6 is 11.6 Å². The molecule has 3 nitrogen and oxygen atoms in total. The van der Waals surface area contributed by atoms with Gasteiger partial charge in [-0.1, -0.05) is 23.7 Å². The summed E-state index contributed by atoms with van der Waals surface area (Å²) >= 11 is 5.84. The molecule has 0 spiro atoms. The fourth-order valence-electron chi connectivity index (χ4n) is 1.65. The molecule has 1 aromatic carbocycles. The van der Waals surface area contributed by atoms with E-state index in [-0.39, 0.29) is 0 Å². The molecule has 4 heteroatoms. The van der Waals surface area contributed by atoms with E-state index >= 15 is 0 Å². The van der Waals surface area contributed by atoms with Gasteiger partial charge in [0.25, 0.3) is 0 Å². The maximum Gasteiger partial charge on any atom is 0.306 e. The van der Waals surface area contributed by atoms with Crippen molar-refractivity contribution in [1.82, 2.24) is 9.38 Å². The summed E-state index contributed by atoms with van der Waals surface area (Å²) < 4.78 is 7.22. The van der Waals surface area contributed by atoms with Crippen LogP contribution in [0, 0.1) is 6.92 Å². The van der Waals surface area contributed by atoms with Crippen LogP contribution in [-0.2, 0) is 0 Å². The highest BCUT2D eigenvalue weighted by molar-refractivity contribution is 6.30. The van der Waals surface area contributed by atoms with Crippen molar-refractivity contribution in [3.63, 3.8) is 0 Å². The Kier molecular flexibility index (Phi) is 2.01. The number of fused-ring (bicyclic) bond motifs is 1. The second-order valence-corrected chi connectivity index (χ2v) is 4.10. The quantitative estimate of drug-likeness (QED) is 0.642. The average molecular weight is 233 g/mol. The summed E-state index contributed by atoms with van der Waals surface area (Å²) in [4.78, 5) is 4.39. The van der Waals surface area contributed by atoms with Gasteiger partial charge in [0.1, 0.15) is 6.26 Å². The predicted octanol–water partition coefficient (Wildman–Crippen LogP) is 3.56. The Morgan fingerprint density at radius 1 is 1.25 bits per heavy atom. The van der Waals surface area contributed by atoms with Crippen molar-refractivity contribution in [2.75, 3.05) is 0 Å². The Morgan fingerprint density at radius 2 is 2.00 bits per heavy atom. The first-order valence-electron chi connectivity index (χ1n) is 4.93. The summed E-state index contributed by atoms with van der Waals surface area (Å²) in [7, 11) is 0. The summed E-state index contributed by atoms with van der Waals surface area (Å²) in [5, 5.41) is 0.725. The first-order chi connectivity index (χ1) is 7.74. The molecule has 0 aliphatic carbocycles. The van der Waals surface area contributed by atoms with Crippen LogP contribution in [0.4, 0.5) is 0 Å². The monoisotopic (exact) mass is 232 g/mol. The summed E-state index contributed by atoms with van der Waals surface area (Å²) in [6.45, 7) is 1.98. The van der Waals surface area contributed by atoms with E-state index in [1.54, 1.807) is 6.26 Å². The molecule has 0 saturated heterocycles. The summed E-state index contributed by atoms with van der Waals surface area (Å²) in [6.07, 6.45) is 3.64. The van der Waals surface area contributed by atoms with Gasteiger partial charge in [0, 0.05) is 16.8 Å². The number of hydrogen-bond acceptors (Lipinski definition) is 2. The van der Waals surface area contributed by atoms with Crippen molar-refractivity contribution in [1.29, 1.82) is 0 Å². The van der Waals surface area contributed by atoms with Crippen molar-refractivity contribution in [2.45, 2.75) is 6.92 Å². The van der Waals surface area contributed by atoms with E-state index in [0.29, 0.717) is 5.84 Å². The summed E-state index contributed by atoms with van der Waals surface area (Å²) in [5.41, 5.74) is 2.95. The minimum atomic E-state index is 0.613. The second kappa shape index (κ2) is 3.39. The maximum absolute atomic E-state index is 5.84. The number of hydrogen-bond donors (Lipinski definition) is 0. The number of aromatic nitrogens is 2. The molecule has 0 radical (unpaired) electrons. The van der Waals surface area contributed by atoms with E-state index in [1.165, 1.54) is 0 Å². The average Bonchev–Trinajstić information content (AvgIpc) is 2.83. The number of aryl methyl sites for hydroxylation is 1. The third-order valence-electron chi connectivity index (χ3n) is 2.53. The van der Waals surface area contributed by atoms with Crippen LogP contribution in [0.3, 0.4) is 0 Å². The lowest BCUT2D eigenvalue weighted by Crippen LogP contribution is -1.78. The van der Waals surface area contributed by atoms with Crippen molar-refractivity contribution in [3.05, 3.63) is 47.4 Å². The molecule has 3 aromatic rings. The van der Waals surface area contributed by atoms with E-state index in [0.717, 1.165) is 22.0 Å². The molecule has 0 amide bonds. The van der Waals surface area contributed by atoms with Crippen LogP contribution in [-0.4, -0.2) is 9.38 Å². The number of halogens is 1. The van der Waals surface area contributed by atoms with Gasteiger partial charge in [-0.3, -0.25) is 4.40 Å². The van der Waals surface area contributed by atoms with E-state index in [4.69, 9.17) is 16.0 Å². The molecule has 2 heterocycles. The van der Waals surface area contributed by atoms with Gasteiger partial charge in [-0.2, -0.15) is 4.98 Å². The van der Waals surface area contributed by atoms with Crippen LogP contribution in [0.25, 0.3) is 17.1 Å². The van der Waals surface area contributed by atoms with Gasteiger partial charge in [0.05, 0.1) is 11.4 Å². The second-order valence-electron chi connectivity index (χ2n) is 3.66. The lowest BCUT2D eigenvalue weighted by atomic mass is 10.2. The third-order valence-corrected chi connectivity index (χ3v) is 2.78. The van der Waals surface area contributed by atoms with Crippen LogP contribution in [0.5, 0.6) is 0 Å². The lowest BCUT2D eigenvalue weighted by Gasteiger charge is -1.95. The molecule has 0 unspecified atom stereocenters. The van der Waals surface area contributed by atoms with Crippen molar-refractivity contribution in [3.8, 4) is 11.3 Å². The molecule has 80 valence electrons. The summed E-state index contributed by atoms with van der Waals surface area (Å²) in [6, 6.07) is 7.59. The van der Waals surface area contributed by atoms with Gasteiger partial charge < -0.3 is 4.42 Å². The summed E-state index contributed by atoms with van der Waals surface area (Å²) in [5.74, 6) is 0.613. The molecule has 0 aliphatic heterocycles. The van der Waals surface area contributed by atoms with Gasteiger partial charge in [-0.05, 0) is 19.1 Å². The zero-order valence-corrected chi connectivity index (χ0v) is 9.40. The first kappa shape index (κ1) is 9.48. The molecule has 0 atom stereocenters. The van der Waals surface area contributed by atoms with Gasteiger partial charge in [-0.15, -0.1) is 0 Å². The fourth-order valence-corrected chi connectivity index (χ4v) is 1.78. The normalized spacial score (nSPS) is 11.1. The van der Waals surface area contributed by atoms with E-state index in [2.05, 4.69) is 4.98 Å². The molecular weight excluding hydrogens is 224 g/mol. The van der Waals surface area contributed by atoms with Crippen molar-refractivity contribution >= 4 is 17.4 Å². The topological polar surface area (TPSA) is 30.4 Å². The van der Waals surface area contributed by atoms with E-state index in [9.17, 15) is 0 Å². The molecular formula is C12H9ClN2O. The smallest absolute Gasteiger partial charge is 0.306 e. The predicted molar refractivity (Wildman–Crippen MR) is 62.6 cm³/mol. The highest BCUT2D eigenvalue weighted by Gasteiger charge is 2.08. The number of benzene rings is 1. The SMILES string of the molecule is Cc1coc2nc(-c3ccc(Cl)cc3)cn12. The first-order valence-corrected chi connectivity index (χ1v) is 5.31. The van der Waals surface area contributed by atoms with Gasteiger partial charge in [0.2, 0.25) is 0 Å². The van der Waals surface area contributed by atoms with Crippen LogP contribution < -0.4 is 0 Å². The number of rotatable bonds is 1. The Labute approximate surface area is 97.3 Å². The van der Waals surface area contributed by atoms with Crippen molar-refractivity contribution < 1.29 is 4.42 Å². The highest BCUT2D eigenvalue weighted by Crippen LogP contribution is 2.22. The number of nitrogens with zero attached hydrogens (tertiary/aromatic N) is 2. The van der Waals surface area contributed by atoms with Gasteiger partial charge in [-0.25, -0.2) is 0 Å². The van der Waals surface area contributed by atoms with E-state index < -0.39 is 0 Å². The molecule has 16 heavy (non-hydrogen) atoms. The Hall–Kier alpha value is -1.74. The number of oxazole rings is 1. The Morgan fingerprint density at radius 3 is 2.69 bits per heavy atom. The van der Waals surface area contributed by atoms with Gasteiger partial charge in [0.15, 0.2) is 0 Å². The van der Waals surface area contributed by atoms with Crippen LogP contribution in [0.1, 0.15) is 5.69 Å². The number of imidazole rings is 1. The largest absolute Gasteiger partial charge is 0.431 e. The molecule has 0 saturated carbocycles. The zero-order valence-electron chi connectivity index (χ0n) is 8.64. The minimum absolute atomic E-state index is 0.613. The molecule has 0 bridgehead atoms. The van der Waals surface area contributed by atoms with Crippen molar-refractivity contribution in [2.24, 2.45) is 0 Å². The highest BCUT2D eigenvalue weighted by atomic mass is 35.5.